The van der Waals surface area contributed by atoms with Gasteiger partial charge in [0.25, 0.3) is 23.6 Å². The van der Waals surface area contributed by atoms with Crippen LogP contribution in [-0.4, -0.2) is 47.0 Å². The van der Waals surface area contributed by atoms with E-state index in [1.54, 1.807) is 0 Å². The Bertz CT molecular complexity index is 1970. The highest BCUT2D eigenvalue weighted by Gasteiger charge is 2.38. The van der Waals surface area contributed by atoms with Gasteiger partial charge in [-0.15, -0.1) is 0 Å². The third kappa shape index (κ3) is 3.59. The second kappa shape index (κ2) is 9.74. The molecule has 48 heavy (non-hydrogen) atoms. The fourth-order valence-electron chi connectivity index (χ4n) is 7.84. The van der Waals surface area contributed by atoms with Crippen LogP contribution >= 0.6 is 0 Å². The zero-order valence-corrected chi connectivity index (χ0v) is 27.6. The minimum atomic E-state index is -0.327. The van der Waals surface area contributed by atoms with Gasteiger partial charge in [-0.05, 0) is 99.9 Å². The predicted octanol–water partition coefficient (Wildman–Crippen LogP) is 4.42. The van der Waals surface area contributed by atoms with E-state index in [4.69, 9.17) is 21.6 Å². The average molecular weight is 641 g/mol. The Morgan fingerprint density at radius 2 is 0.438 bits per heavy atom. The molecule has 0 atom stereocenters. The molecule has 4 aromatic carbocycles. The molecule has 0 aliphatic carbocycles. The summed E-state index contributed by atoms with van der Waals surface area (Å²) in [6, 6.07) is 0. The van der Waals surface area contributed by atoms with E-state index < -0.39 is 0 Å². The number of carbonyl (C=O) groups is 4. The lowest BCUT2D eigenvalue weighted by atomic mass is 9.78. The molecule has 0 unspecified atom stereocenters. The Morgan fingerprint density at radius 1 is 0.292 bits per heavy atom. The van der Waals surface area contributed by atoms with Crippen LogP contribution in [0.5, 0.6) is 0 Å². The van der Waals surface area contributed by atoms with E-state index in [0.29, 0.717) is 66.1 Å². The summed E-state index contributed by atoms with van der Waals surface area (Å²) in [6.45, 7) is 14.8. The van der Waals surface area contributed by atoms with Crippen molar-refractivity contribution in [2.45, 2.75) is 55.4 Å². The van der Waals surface area contributed by atoms with E-state index in [-0.39, 0.29) is 47.0 Å². The minimum absolute atomic E-state index is 0.0476. The van der Waals surface area contributed by atoms with Gasteiger partial charge in [-0.1, -0.05) is 0 Å². The maximum Gasteiger partial charge on any atom is 0.257 e. The van der Waals surface area contributed by atoms with Crippen LogP contribution in [-0.2, 0) is 0 Å². The lowest BCUT2D eigenvalue weighted by Crippen LogP contribution is -2.41. The zero-order chi connectivity index (χ0) is 35.0. The number of hydrogen-bond donors (Lipinski definition) is 8. The van der Waals surface area contributed by atoms with Gasteiger partial charge in [0.1, 0.15) is 23.3 Å². The molecule has 4 aliphatic rings. The Labute approximate surface area is 274 Å². The van der Waals surface area contributed by atoms with Crippen LogP contribution in [0.1, 0.15) is 108 Å². The number of nitrogens with one attached hydrogen (secondary N) is 8. The number of hydrogen-bond acceptors (Lipinski definition) is 8. The Kier molecular flexibility index (Phi) is 6.21. The van der Waals surface area contributed by atoms with E-state index in [2.05, 4.69) is 21.3 Å². The summed E-state index contributed by atoms with van der Waals surface area (Å²) >= 11 is 0. The summed E-state index contributed by atoms with van der Waals surface area (Å²) in [5.74, 6) is -1.12. The van der Waals surface area contributed by atoms with Gasteiger partial charge >= 0.3 is 0 Å². The minimum Gasteiger partial charge on any atom is -0.306 e. The van der Waals surface area contributed by atoms with E-state index >= 15 is 0 Å². The lowest BCUT2D eigenvalue weighted by Gasteiger charge is -2.30. The van der Waals surface area contributed by atoms with Crippen molar-refractivity contribution in [1.82, 2.24) is 21.3 Å². The number of amides is 4. The molecule has 240 valence electrons. The van der Waals surface area contributed by atoms with Crippen molar-refractivity contribution >= 4 is 68.5 Å². The van der Waals surface area contributed by atoms with Crippen molar-refractivity contribution in [1.29, 1.82) is 21.6 Å². The fraction of sp³-hybridized carbons (Fsp3) is 0.222. The first-order valence-corrected chi connectivity index (χ1v) is 15.3. The topological polar surface area (TPSA) is 212 Å². The maximum absolute atomic E-state index is 12.5. The molecular formula is C36H32N8O4. The van der Waals surface area contributed by atoms with Crippen molar-refractivity contribution in [3.8, 4) is 0 Å². The number of amidine groups is 4. The van der Waals surface area contributed by atoms with Gasteiger partial charge in [0.2, 0.25) is 0 Å². The van der Waals surface area contributed by atoms with Crippen LogP contribution in [0.4, 0.5) is 0 Å². The molecule has 8 N–H and O–H groups in total. The second-order valence-corrected chi connectivity index (χ2v) is 12.8. The molecule has 0 saturated carbocycles. The third-order valence-corrected chi connectivity index (χ3v) is 10.6. The van der Waals surface area contributed by atoms with Crippen LogP contribution in [0.25, 0.3) is 21.5 Å². The van der Waals surface area contributed by atoms with Crippen molar-refractivity contribution in [3.63, 3.8) is 0 Å². The largest absolute Gasteiger partial charge is 0.306 e. The van der Waals surface area contributed by atoms with Crippen molar-refractivity contribution in [2.75, 3.05) is 0 Å². The Balaban J connectivity index is 0.000000152. The molecule has 0 bridgehead atoms. The highest BCUT2D eigenvalue weighted by atomic mass is 16.2. The van der Waals surface area contributed by atoms with Crippen LogP contribution in [0.2, 0.25) is 0 Å². The van der Waals surface area contributed by atoms with Gasteiger partial charge in [0.15, 0.2) is 0 Å². The van der Waals surface area contributed by atoms with Crippen LogP contribution < -0.4 is 21.3 Å². The van der Waals surface area contributed by atoms with E-state index in [0.717, 1.165) is 44.5 Å². The van der Waals surface area contributed by atoms with Gasteiger partial charge < -0.3 is 21.3 Å². The molecule has 8 rings (SSSR count). The van der Waals surface area contributed by atoms with Gasteiger partial charge in [0.05, 0.1) is 22.3 Å². The molecule has 4 heterocycles. The molecule has 0 saturated heterocycles. The van der Waals surface area contributed by atoms with Crippen molar-refractivity contribution in [3.05, 3.63) is 89.0 Å². The molecule has 0 fully saturated rings. The van der Waals surface area contributed by atoms with Gasteiger partial charge in [-0.3, -0.25) is 40.8 Å². The molecule has 4 amide bonds. The monoisotopic (exact) mass is 640 g/mol. The zero-order valence-electron chi connectivity index (χ0n) is 27.6. The van der Waals surface area contributed by atoms with Crippen molar-refractivity contribution in [2.24, 2.45) is 0 Å². The van der Waals surface area contributed by atoms with E-state index in [1.807, 2.05) is 55.4 Å². The summed E-state index contributed by atoms with van der Waals surface area (Å²) in [5.41, 5.74) is 10.9. The third-order valence-electron chi connectivity index (χ3n) is 10.6. The Hall–Kier alpha value is -6.04. The summed E-state index contributed by atoms with van der Waals surface area (Å²) < 4.78 is 0. The summed E-state index contributed by atoms with van der Waals surface area (Å²) in [5, 5.41) is 45.9. The standard InChI is InChI=1S/2C18H16N4O2/c1-5-7(3)11-14-10(16(20)22-17(11)23)6(2)8(4)12-13(14)9(5)15(19)21-18(12)24;1-5-6(2)10-14-12(18(24)22-16(10)20)8(4)7(3)11-13(14)9(5)15(19)21-17(11)23/h1-4H3,(H2,19,21,24)(H2,20,22,23);1-4H3,(H2,19,21,23)(H2,20,22,24). The highest BCUT2D eigenvalue weighted by Crippen LogP contribution is 2.43. The van der Waals surface area contributed by atoms with Crippen LogP contribution in [0.3, 0.4) is 0 Å². The van der Waals surface area contributed by atoms with Crippen LogP contribution in [0.15, 0.2) is 0 Å². The van der Waals surface area contributed by atoms with Gasteiger partial charge in [-0.2, -0.15) is 0 Å². The normalized spacial score (nSPS) is 15.7. The molecule has 0 spiro atoms. The smallest absolute Gasteiger partial charge is 0.257 e. The van der Waals surface area contributed by atoms with E-state index in [9.17, 15) is 19.2 Å². The first-order valence-electron chi connectivity index (χ1n) is 15.3. The van der Waals surface area contributed by atoms with Gasteiger partial charge in [-0.25, -0.2) is 0 Å². The molecule has 12 nitrogen and oxygen atoms in total. The van der Waals surface area contributed by atoms with Crippen LogP contribution in [0, 0.1) is 77.0 Å². The first kappa shape index (κ1) is 30.6. The number of benzene rings is 4. The Morgan fingerprint density at radius 3 is 0.604 bits per heavy atom. The van der Waals surface area contributed by atoms with Gasteiger partial charge in [0, 0.05) is 43.8 Å². The number of carbonyl (C=O) groups excluding carboxylic acids is 4. The quantitative estimate of drug-likeness (QED) is 0.140. The maximum atomic E-state index is 12.5. The fourth-order valence-corrected chi connectivity index (χ4v) is 7.84. The number of rotatable bonds is 0. The van der Waals surface area contributed by atoms with E-state index in [1.165, 1.54) is 0 Å². The molecule has 0 aromatic heterocycles. The summed E-state index contributed by atoms with van der Waals surface area (Å²) in [4.78, 5) is 50.2. The molecule has 4 aliphatic heterocycles. The first-order chi connectivity index (χ1) is 22.5. The molecule has 0 radical (unpaired) electrons. The highest BCUT2D eigenvalue weighted by molar-refractivity contribution is 6.37. The second-order valence-electron chi connectivity index (χ2n) is 12.8. The lowest BCUT2D eigenvalue weighted by molar-refractivity contribution is 0.0964. The SMILES string of the molecule is Cc1c(C)c2c3c(c(C)c(C)c4c3c1C(=N)NC4=O)C(=N)NC2=O.Cc1c(C)c2c3c(c(C)c(C)c4c3c1C(=N)NC4=O)C(=O)NC2=N. The van der Waals surface area contributed by atoms with Crippen molar-refractivity contribution < 1.29 is 19.2 Å². The molecule has 12 heteroatoms. The molecule has 4 aromatic rings. The summed E-state index contributed by atoms with van der Waals surface area (Å²) in [6.07, 6.45) is 0. The predicted molar refractivity (Wildman–Crippen MR) is 183 cm³/mol. The summed E-state index contributed by atoms with van der Waals surface area (Å²) in [7, 11) is 0. The molecular weight excluding hydrogens is 608 g/mol. The average Bonchev–Trinajstić information content (AvgIpc) is 2.99.